The molecule has 0 fully saturated rings. The quantitative estimate of drug-likeness (QED) is 0.730. The maximum Gasteiger partial charge on any atom is 0.131 e. The Balaban J connectivity index is 2.98. The lowest BCUT2D eigenvalue weighted by atomic mass is 10.1. The van der Waals surface area contributed by atoms with E-state index < -0.39 is 11.6 Å². The van der Waals surface area contributed by atoms with Crippen LogP contribution in [-0.4, -0.2) is 12.3 Å². The minimum Gasteiger partial charge on any atom is -0.380 e. The largest absolute Gasteiger partial charge is 0.380 e. The van der Waals surface area contributed by atoms with Crippen molar-refractivity contribution in [2.45, 2.75) is 13.2 Å². The first-order valence-corrected chi connectivity index (χ1v) is 4.01. The molecule has 1 aromatic rings. The van der Waals surface area contributed by atoms with E-state index in [1.807, 2.05) is 5.48 Å². The fourth-order valence-corrected chi connectivity index (χ4v) is 1.13. The van der Waals surface area contributed by atoms with Gasteiger partial charge in [0.2, 0.25) is 0 Å². The fraction of sp³-hybridized carbons (Fsp3) is 0.333. The molecule has 2 N–H and O–H groups in total. The smallest absolute Gasteiger partial charge is 0.131 e. The first-order valence-electron chi connectivity index (χ1n) is 4.01. The highest BCUT2D eigenvalue weighted by Gasteiger charge is 2.10. The molecule has 0 aliphatic carbocycles. The molecule has 1 rings (SSSR count). The monoisotopic (exact) mass is 203 g/mol. The van der Waals surface area contributed by atoms with Crippen LogP contribution in [0.2, 0.25) is 0 Å². The lowest BCUT2D eigenvalue weighted by molar-refractivity contribution is 0.160. The summed E-state index contributed by atoms with van der Waals surface area (Å²) in [5, 5.41) is 8.35. The lowest BCUT2D eigenvalue weighted by Gasteiger charge is -2.06. The van der Waals surface area contributed by atoms with Gasteiger partial charge in [0, 0.05) is 19.2 Å². The first kappa shape index (κ1) is 11.0. The standard InChI is InChI=1S/C9H11F2NO2/c1-14-5-7-8(10)2-6(4-12-13)3-9(7)11/h2-3,12-13H,4-5H2,1H3. The summed E-state index contributed by atoms with van der Waals surface area (Å²) in [6, 6.07) is 2.31. The van der Waals surface area contributed by atoms with Crippen molar-refractivity contribution in [1.29, 1.82) is 0 Å². The Hall–Kier alpha value is -1.04. The van der Waals surface area contributed by atoms with Gasteiger partial charge in [0.15, 0.2) is 0 Å². The SMILES string of the molecule is COCc1c(F)cc(CNO)cc1F. The molecule has 0 atom stereocenters. The van der Waals surface area contributed by atoms with Gasteiger partial charge in [0.25, 0.3) is 0 Å². The zero-order valence-corrected chi connectivity index (χ0v) is 7.68. The van der Waals surface area contributed by atoms with Crippen molar-refractivity contribution in [3.8, 4) is 0 Å². The number of methoxy groups -OCH3 is 1. The molecule has 0 heterocycles. The number of hydrogen-bond donors (Lipinski definition) is 2. The van der Waals surface area contributed by atoms with Gasteiger partial charge in [-0.3, -0.25) is 0 Å². The molecular formula is C9H11F2NO2. The zero-order chi connectivity index (χ0) is 10.6. The van der Waals surface area contributed by atoms with E-state index in [1.165, 1.54) is 7.11 Å². The van der Waals surface area contributed by atoms with Gasteiger partial charge >= 0.3 is 0 Å². The molecule has 0 saturated heterocycles. The molecule has 0 amide bonds. The molecular weight excluding hydrogens is 192 g/mol. The van der Waals surface area contributed by atoms with Crippen LogP contribution in [0.4, 0.5) is 8.78 Å². The number of rotatable bonds is 4. The third-order valence-electron chi connectivity index (χ3n) is 1.77. The zero-order valence-electron chi connectivity index (χ0n) is 7.68. The van der Waals surface area contributed by atoms with E-state index in [9.17, 15) is 8.78 Å². The van der Waals surface area contributed by atoms with Crippen LogP contribution in [0.1, 0.15) is 11.1 Å². The van der Waals surface area contributed by atoms with Crippen LogP contribution >= 0.6 is 0 Å². The highest BCUT2D eigenvalue weighted by Crippen LogP contribution is 2.16. The number of hydrogen-bond acceptors (Lipinski definition) is 3. The second-order valence-corrected chi connectivity index (χ2v) is 2.81. The predicted octanol–water partition coefficient (Wildman–Crippen LogP) is 1.59. The van der Waals surface area contributed by atoms with Gasteiger partial charge in [-0.2, -0.15) is 0 Å². The molecule has 0 radical (unpaired) electrons. The van der Waals surface area contributed by atoms with Gasteiger partial charge in [0.05, 0.1) is 6.61 Å². The highest BCUT2D eigenvalue weighted by molar-refractivity contribution is 5.25. The van der Waals surface area contributed by atoms with Gasteiger partial charge in [0.1, 0.15) is 11.6 Å². The summed E-state index contributed by atoms with van der Waals surface area (Å²) >= 11 is 0. The molecule has 0 aliphatic rings. The van der Waals surface area contributed by atoms with E-state index in [0.29, 0.717) is 5.56 Å². The minimum absolute atomic E-state index is 0.00109. The maximum absolute atomic E-state index is 13.2. The molecule has 0 saturated carbocycles. The number of halogens is 2. The van der Waals surface area contributed by atoms with Crippen LogP contribution in [0.25, 0.3) is 0 Å². The Morgan fingerprint density at radius 2 is 1.93 bits per heavy atom. The molecule has 0 aromatic heterocycles. The van der Waals surface area contributed by atoms with Crippen molar-refractivity contribution in [3.05, 3.63) is 34.9 Å². The average molecular weight is 203 g/mol. The maximum atomic E-state index is 13.2. The summed E-state index contributed by atoms with van der Waals surface area (Å²) in [4.78, 5) is 0. The third kappa shape index (κ3) is 2.47. The Morgan fingerprint density at radius 1 is 1.36 bits per heavy atom. The fourth-order valence-electron chi connectivity index (χ4n) is 1.13. The summed E-state index contributed by atoms with van der Waals surface area (Å²) in [5.41, 5.74) is 2.06. The van der Waals surface area contributed by atoms with Gasteiger partial charge < -0.3 is 9.94 Å². The Kier molecular flexibility index (Phi) is 3.94. The van der Waals surface area contributed by atoms with E-state index in [4.69, 9.17) is 5.21 Å². The van der Waals surface area contributed by atoms with Crippen molar-refractivity contribution in [3.63, 3.8) is 0 Å². The van der Waals surface area contributed by atoms with E-state index in [2.05, 4.69) is 4.74 Å². The van der Waals surface area contributed by atoms with Crippen LogP contribution in [0, 0.1) is 11.6 Å². The molecule has 0 unspecified atom stereocenters. The van der Waals surface area contributed by atoms with Gasteiger partial charge in [-0.25, -0.2) is 14.3 Å². The molecule has 0 spiro atoms. The van der Waals surface area contributed by atoms with Crippen LogP contribution in [-0.2, 0) is 17.9 Å². The van der Waals surface area contributed by atoms with Crippen molar-refractivity contribution in [2.75, 3.05) is 7.11 Å². The second-order valence-electron chi connectivity index (χ2n) is 2.81. The minimum atomic E-state index is -0.669. The molecule has 5 heteroatoms. The van der Waals surface area contributed by atoms with Gasteiger partial charge in [-0.05, 0) is 17.7 Å². The highest BCUT2D eigenvalue weighted by atomic mass is 19.1. The normalized spacial score (nSPS) is 10.6. The number of benzene rings is 1. The molecule has 78 valence electrons. The summed E-state index contributed by atoms with van der Waals surface area (Å²) in [5.74, 6) is -1.34. The van der Waals surface area contributed by atoms with Gasteiger partial charge in [-0.1, -0.05) is 0 Å². The van der Waals surface area contributed by atoms with E-state index in [-0.39, 0.29) is 18.7 Å². The average Bonchev–Trinajstić information content (AvgIpc) is 2.12. The van der Waals surface area contributed by atoms with E-state index in [1.54, 1.807) is 0 Å². The Labute approximate surface area is 80.3 Å². The van der Waals surface area contributed by atoms with E-state index >= 15 is 0 Å². The summed E-state index contributed by atoms with van der Waals surface area (Å²) in [6.45, 7) is -0.106. The van der Waals surface area contributed by atoms with Crippen LogP contribution in [0.3, 0.4) is 0 Å². The summed E-state index contributed by atoms with van der Waals surface area (Å²) < 4.78 is 31.0. The summed E-state index contributed by atoms with van der Waals surface area (Å²) in [6.07, 6.45) is 0. The van der Waals surface area contributed by atoms with Crippen molar-refractivity contribution < 1.29 is 18.7 Å². The molecule has 0 bridgehead atoms. The molecule has 1 aromatic carbocycles. The Bertz CT molecular complexity index is 295. The molecule has 0 aliphatic heterocycles. The first-order chi connectivity index (χ1) is 6.69. The number of hydroxylamine groups is 1. The van der Waals surface area contributed by atoms with Crippen LogP contribution < -0.4 is 5.48 Å². The second kappa shape index (κ2) is 4.99. The van der Waals surface area contributed by atoms with Crippen molar-refractivity contribution in [1.82, 2.24) is 5.48 Å². The third-order valence-corrected chi connectivity index (χ3v) is 1.77. The van der Waals surface area contributed by atoms with Crippen molar-refractivity contribution >= 4 is 0 Å². The van der Waals surface area contributed by atoms with E-state index in [0.717, 1.165) is 12.1 Å². The van der Waals surface area contributed by atoms with Crippen LogP contribution in [0.5, 0.6) is 0 Å². The number of ether oxygens (including phenoxy) is 1. The molecule has 3 nitrogen and oxygen atoms in total. The number of nitrogens with one attached hydrogen (secondary N) is 1. The predicted molar refractivity (Wildman–Crippen MR) is 45.7 cm³/mol. The topological polar surface area (TPSA) is 41.5 Å². The Morgan fingerprint density at radius 3 is 2.36 bits per heavy atom. The van der Waals surface area contributed by atoms with Crippen LogP contribution in [0.15, 0.2) is 12.1 Å². The lowest BCUT2D eigenvalue weighted by Crippen LogP contribution is -2.08. The van der Waals surface area contributed by atoms with Gasteiger partial charge in [-0.15, -0.1) is 0 Å². The molecule has 14 heavy (non-hydrogen) atoms. The van der Waals surface area contributed by atoms with Crippen molar-refractivity contribution in [2.24, 2.45) is 0 Å². The summed E-state index contributed by atoms with van der Waals surface area (Å²) in [7, 11) is 1.36.